The fourth-order valence-corrected chi connectivity index (χ4v) is 3.80. The number of ether oxygens (including phenoxy) is 1. The number of nitrogens with one attached hydrogen (secondary N) is 2. The van der Waals surface area contributed by atoms with Gasteiger partial charge in [0, 0.05) is 23.7 Å². The molecule has 0 saturated heterocycles. The Labute approximate surface area is 182 Å². The molecule has 7 nitrogen and oxygen atoms in total. The summed E-state index contributed by atoms with van der Waals surface area (Å²) in [5, 5.41) is 4.18. The predicted octanol–water partition coefficient (Wildman–Crippen LogP) is 4.06. The van der Waals surface area contributed by atoms with Crippen molar-refractivity contribution in [2.45, 2.75) is 26.7 Å². The third-order valence-corrected chi connectivity index (χ3v) is 6.39. The molecule has 3 rings (SSSR count). The molecule has 0 aliphatic carbocycles. The van der Waals surface area contributed by atoms with Gasteiger partial charge in [-0.2, -0.15) is 0 Å². The van der Waals surface area contributed by atoms with Crippen molar-refractivity contribution in [3.63, 3.8) is 0 Å². The molecule has 0 spiro atoms. The minimum atomic E-state index is -3.37. The molecule has 31 heavy (non-hydrogen) atoms. The van der Waals surface area contributed by atoms with Crippen molar-refractivity contribution in [3.8, 4) is 5.75 Å². The highest BCUT2D eigenvalue weighted by Gasteiger charge is 2.18. The number of aromatic nitrogens is 1. The average Bonchev–Trinajstić information content (AvgIpc) is 2.79. The average molecular weight is 442 g/mol. The third kappa shape index (κ3) is 5.21. The van der Waals surface area contributed by atoms with Crippen LogP contribution in [0.2, 0.25) is 0 Å². The summed E-state index contributed by atoms with van der Waals surface area (Å²) in [5.74, 6) is 0.282. The first-order chi connectivity index (χ1) is 14.9. The Morgan fingerprint density at radius 1 is 1.10 bits per heavy atom. The number of hydrogen-bond acceptors (Lipinski definition) is 6. The van der Waals surface area contributed by atoms with Crippen molar-refractivity contribution in [2.24, 2.45) is 0 Å². The van der Waals surface area contributed by atoms with E-state index in [-0.39, 0.29) is 18.1 Å². The largest absolute Gasteiger partial charge is 0.490 e. The fraction of sp³-hybridized carbons (Fsp3) is 0.304. The maximum absolute atomic E-state index is 12.6. The number of benzene rings is 2. The normalized spacial score (nSPS) is 11.5. The van der Waals surface area contributed by atoms with Crippen LogP contribution in [-0.4, -0.2) is 38.6 Å². The Kier molecular flexibility index (Phi) is 7.25. The van der Waals surface area contributed by atoms with Gasteiger partial charge in [-0.3, -0.25) is 9.78 Å². The van der Waals surface area contributed by atoms with Gasteiger partial charge in [-0.15, -0.1) is 0 Å². The molecule has 0 radical (unpaired) electrons. The number of ketones is 1. The van der Waals surface area contributed by atoms with Crippen LogP contribution in [0.4, 0.5) is 11.4 Å². The van der Waals surface area contributed by atoms with E-state index in [1.807, 2.05) is 43.3 Å². The fourth-order valence-electron chi connectivity index (χ4n) is 3.30. The van der Waals surface area contributed by atoms with Gasteiger partial charge in [-0.25, -0.2) is 13.1 Å². The minimum Gasteiger partial charge on any atom is -0.490 e. The zero-order valence-electron chi connectivity index (χ0n) is 17.9. The van der Waals surface area contributed by atoms with Crippen LogP contribution in [0.25, 0.3) is 10.9 Å². The van der Waals surface area contributed by atoms with E-state index in [0.717, 1.165) is 23.1 Å². The van der Waals surface area contributed by atoms with Crippen molar-refractivity contribution in [1.29, 1.82) is 0 Å². The molecule has 0 fully saturated rings. The summed E-state index contributed by atoms with van der Waals surface area (Å²) in [4.78, 5) is 17.1. The van der Waals surface area contributed by atoms with Crippen molar-refractivity contribution in [3.05, 3.63) is 59.8 Å². The van der Waals surface area contributed by atoms with E-state index in [2.05, 4.69) is 21.9 Å². The number of carbonyl (C=O) groups excluding carboxylic acids is 1. The van der Waals surface area contributed by atoms with E-state index in [1.165, 1.54) is 7.05 Å². The quantitative estimate of drug-likeness (QED) is 0.461. The van der Waals surface area contributed by atoms with Crippen LogP contribution in [0, 0.1) is 0 Å². The Morgan fingerprint density at radius 3 is 2.58 bits per heavy atom. The van der Waals surface area contributed by atoms with E-state index in [0.29, 0.717) is 28.9 Å². The number of pyridine rings is 1. The van der Waals surface area contributed by atoms with E-state index in [1.54, 1.807) is 12.3 Å². The van der Waals surface area contributed by atoms with Crippen LogP contribution in [0.1, 0.15) is 36.2 Å². The first-order valence-corrected chi connectivity index (χ1v) is 11.9. The molecule has 1 heterocycles. The van der Waals surface area contributed by atoms with Gasteiger partial charge >= 0.3 is 0 Å². The zero-order chi connectivity index (χ0) is 22.4. The molecular weight excluding hydrogens is 414 g/mol. The van der Waals surface area contributed by atoms with Gasteiger partial charge in [0.15, 0.2) is 5.78 Å². The van der Waals surface area contributed by atoms with Gasteiger partial charge in [0.25, 0.3) is 0 Å². The van der Waals surface area contributed by atoms with E-state index < -0.39 is 10.0 Å². The SMILES string of the molecule is CCC(=O)c1cnc2c(OCCS(=O)(=O)NC)cccc2c1Nc1ccccc1CC. The monoisotopic (exact) mass is 441 g/mol. The molecule has 164 valence electrons. The summed E-state index contributed by atoms with van der Waals surface area (Å²) in [7, 11) is -2.01. The Hall–Kier alpha value is -2.97. The van der Waals surface area contributed by atoms with Gasteiger partial charge in [-0.05, 0) is 31.2 Å². The Balaban J connectivity index is 2.06. The number of sulfonamides is 1. The highest BCUT2D eigenvalue weighted by Crippen LogP contribution is 2.35. The highest BCUT2D eigenvalue weighted by atomic mass is 32.2. The van der Waals surface area contributed by atoms with Crippen LogP contribution >= 0.6 is 0 Å². The first kappa shape index (κ1) is 22.7. The number of nitrogens with zero attached hydrogens (tertiary/aromatic N) is 1. The van der Waals surface area contributed by atoms with Crippen LogP contribution in [0.3, 0.4) is 0 Å². The molecule has 2 N–H and O–H groups in total. The molecule has 0 bridgehead atoms. The number of Topliss-reactive ketones (excluding diaryl/α,β-unsaturated/α-hetero) is 1. The van der Waals surface area contributed by atoms with E-state index in [4.69, 9.17) is 4.74 Å². The number of carbonyl (C=O) groups is 1. The second-order valence-corrected chi connectivity index (χ2v) is 9.03. The van der Waals surface area contributed by atoms with Gasteiger partial charge in [0.05, 0.1) is 17.0 Å². The van der Waals surface area contributed by atoms with Crippen LogP contribution < -0.4 is 14.8 Å². The lowest BCUT2D eigenvalue weighted by Gasteiger charge is -2.17. The molecule has 0 amide bonds. The van der Waals surface area contributed by atoms with Crippen LogP contribution in [0.15, 0.2) is 48.7 Å². The topological polar surface area (TPSA) is 97.4 Å². The maximum atomic E-state index is 12.6. The zero-order valence-corrected chi connectivity index (χ0v) is 18.8. The summed E-state index contributed by atoms with van der Waals surface area (Å²) >= 11 is 0. The third-order valence-electron chi connectivity index (χ3n) is 5.06. The van der Waals surface area contributed by atoms with E-state index in [9.17, 15) is 13.2 Å². The van der Waals surface area contributed by atoms with Crippen LogP contribution in [0.5, 0.6) is 5.75 Å². The predicted molar refractivity (Wildman–Crippen MR) is 124 cm³/mol. The highest BCUT2D eigenvalue weighted by molar-refractivity contribution is 7.89. The molecule has 0 aliphatic rings. The molecule has 8 heteroatoms. The van der Waals surface area contributed by atoms with Gasteiger partial charge in [0.2, 0.25) is 10.0 Å². The molecule has 0 unspecified atom stereocenters. The second-order valence-electron chi connectivity index (χ2n) is 6.98. The van der Waals surface area contributed by atoms with Gasteiger partial charge in [-0.1, -0.05) is 44.2 Å². The summed E-state index contributed by atoms with van der Waals surface area (Å²) in [5.41, 5.74) is 3.80. The second kappa shape index (κ2) is 9.89. The number of rotatable bonds is 10. The smallest absolute Gasteiger partial charge is 0.214 e. The molecule has 3 aromatic rings. The standard InChI is InChI=1S/C23H27N3O4S/c1-4-16-9-6-7-11-19(16)26-22-17-10-8-12-21(30-13-14-31(28,29)24-3)23(17)25-15-18(22)20(27)5-2/h6-12,15,24H,4-5,13-14H2,1-3H3,(H,25,26). The lowest BCUT2D eigenvalue weighted by atomic mass is 10.0. The maximum Gasteiger partial charge on any atom is 0.214 e. The summed E-state index contributed by atoms with van der Waals surface area (Å²) in [6.45, 7) is 3.88. The number of anilines is 2. The van der Waals surface area contributed by atoms with Crippen molar-refractivity contribution in [1.82, 2.24) is 9.71 Å². The van der Waals surface area contributed by atoms with Crippen molar-refractivity contribution >= 4 is 38.1 Å². The van der Waals surface area contributed by atoms with Gasteiger partial charge < -0.3 is 10.1 Å². The van der Waals surface area contributed by atoms with E-state index >= 15 is 0 Å². The molecule has 2 aromatic carbocycles. The van der Waals surface area contributed by atoms with Crippen molar-refractivity contribution in [2.75, 3.05) is 24.7 Å². The number of aryl methyl sites for hydroxylation is 1. The molecule has 0 atom stereocenters. The van der Waals surface area contributed by atoms with Crippen molar-refractivity contribution < 1.29 is 17.9 Å². The number of fused-ring (bicyclic) bond motifs is 1. The Bertz CT molecular complexity index is 1190. The lowest BCUT2D eigenvalue weighted by Crippen LogP contribution is -2.25. The molecule has 0 aliphatic heterocycles. The molecular formula is C23H27N3O4S. The first-order valence-electron chi connectivity index (χ1n) is 10.2. The summed E-state index contributed by atoms with van der Waals surface area (Å²) in [6, 6.07) is 13.4. The minimum absolute atomic E-state index is 0.0129. The summed E-state index contributed by atoms with van der Waals surface area (Å²) < 4.78 is 31.3. The number of hydrogen-bond donors (Lipinski definition) is 2. The van der Waals surface area contributed by atoms with Crippen LogP contribution in [-0.2, 0) is 16.4 Å². The molecule has 0 saturated carbocycles. The summed E-state index contributed by atoms with van der Waals surface area (Å²) in [6.07, 6.45) is 2.76. The molecule has 1 aromatic heterocycles. The lowest BCUT2D eigenvalue weighted by molar-refractivity contribution is 0.0988. The number of para-hydroxylation sites is 2. The van der Waals surface area contributed by atoms with Gasteiger partial charge in [0.1, 0.15) is 17.9 Å². The Morgan fingerprint density at radius 2 is 1.87 bits per heavy atom.